The number of carbonyl (C=O) groups is 1. The molecule has 0 aromatic heterocycles. The Morgan fingerprint density at radius 3 is 2.38 bits per heavy atom. The Morgan fingerprint density at radius 1 is 1.24 bits per heavy atom. The number of hydrogen-bond donors (Lipinski definition) is 0. The van der Waals surface area contributed by atoms with Crippen LogP contribution in [0, 0.1) is 13.8 Å². The molecule has 0 spiro atoms. The fourth-order valence-electron chi connectivity index (χ4n) is 3.64. The van der Waals surface area contributed by atoms with E-state index >= 15 is 0 Å². The van der Waals surface area contributed by atoms with E-state index < -0.39 is 12.1 Å². The number of hydrogen-bond acceptors (Lipinski definition) is 3. The van der Waals surface area contributed by atoms with Gasteiger partial charge in [0.2, 0.25) is 0 Å². The molecule has 2 rings (SSSR count). The van der Waals surface area contributed by atoms with Crippen LogP contribution in [0.15, 0.2) is 42.3 Å². The van der Waals surface area contributed by atoms with Gasteiger partial charge < -0.3 is 4.74 Å². The zero-order valence-corrected chi connectivity index (χ0v) is 17.9. The molecule has 1 saturated heterocycles. The number of carbonyl (C=O) groups excluding carboxylic acids is 1. The van der Waals surface area contributed by atoms with Crippen LogP contribution in [0.2, 0.25) is 0 Å². The lowest BCUT2D eigenvalue weighted by Crippen LogP contribution is -2.47. The first-order valence-corrected chi connectivity index (χ1v) is 10.1. The minimum absolute atomic E-state index is 0.00188. The second kappa shape index (κ2) is 10.5. The molecule has 0 radical (unpaired) electrons. The molecule has 3 nitrogen and oxygen atoms in total. The Kier molecular flexibility index (Phi) is 8.32. The SMILES string of the molecule is C=C(C)/C=C(\C=C(/F)CCC(=O)OCC)c1c(C)cc(CN2CC(F)C2)cc1C. The Morgan fingerprint density at radius 2 is 1.86 bits per heavy atom. The van der Waals surface area contributed by atoms with E-state index in [0.717, 1.165) is 33.4 Å². The van der Waals surface area contributed by atoms with Gasteiger partial charge in [-0.25, -0.2) is 8.78 Å². The molecule has 0 aliphatic carbocycles. The van der Waals surface area contributed by atoms with Crippen LogP contribution in [-0.4, -0.2) is 36.7 Å². The van der Waals surface area contributed by atoms with Crippen molar-refractivity contribution in [2.24, 2.45) is 0 Å². The van der Waals surface area contributed by atoms with Crippen molar-refractivity contribution in [3.05, 3.63) is 64.5 Å². The zero-order valence-electron chi connectivity index (χ0n) is 17.9. The normalized spacial score (nSPS) is 15.9. The molecule has 0 N–H and O–H groups in total. The number of aryl methyl sites for hydroxylation is 2. The fourth-order valence-corrected chi connectivity index (χ4v) is 3.64. The van der Waals surface area contributed by atoms with Crippen molar-refractivity contribution in [1.29, 1.82) is 0 Å². The second-order valence-electron chi connectivity index (χ2n) is 7.74. The van der Waals surface area contributed by atoms with Gasteiger partial charge >= 0.3 is 5.97 Å². The Hall–Kier alpha value is -2.27. The summed E-state index contributed by atoms with van der Waals surface area (Å²) in [6.45, 7) is 13.5. The average Bonchev–Trinajstić information content (AvgIpc) is 2.57. The first-order chi connectivity index (χ1) is 13.7. The maximum atomic E-state index is 14.5. The summed E-state index contributed by atoms with van der Waals surface area (Å²) >= 11 is 0. The predicted molar refractivity (Wildman–Crippen MR) is 114 cm³/mol. The molecular formula is C24H31F2NO2. The van der Waals surface area contributed by atoms with Crippen molar-refractivity contribution in [2.45, 2.75) is 53.3 Å². The molecule has 1 heterocycles. The van der Waals surface area contributed by atoms with Gasteiger partial charge in [-0.2, -0.15) is 0 Å². The highest BCUT2D eigenvalue weighted by Crippen LogP contribution is 2.29. The molecule has 29 heavy (non-hydrogen) atoms. The third-order valence-corrected chi connectivity index (χ3v) is 4.79. The van der Waals surface area contributed by atoms with Gasteiger partial charge in [-0.3, -0.25) is 9.69 Å². The summed E-state index contributed by atoms with van der Waals surface area (Å²) in [7, 11) is 0. The largest absolute Gasteiger partial charge is 0.466 e. The lowest BCUT2D eigenvalue weighted by molar-refractivity contribution is -0.143. The topological polar surface area (TPSA) is 29.5 Å². The van der Waals surface area contributed by atoms with Crippen molar-refractivity contribution < 1.29 is 18.3 Å². The van der Waals surface area contributed by atoms with Gasteiger partial charge in [-0.15, -0.1) is 0 Å². The molecule has 0 bridgehead atoms. The highest BCUT2D eigenvalue weighted by Gasteiger charge is 2.26. The molecule has 1 aromatic carbocycles. The van der Waals surface area contributed by atoms with Crippen molar-refractivity contribution in [1.82, 2.24) is 4.90 Å². The Balaban J connectivity index is 2.24. The van der Waals surface area contributed by atoms with Gasteiger partial charge in [-0.05, 0) is 61.6 Å². The van der Waals surface area contributed by atoms with Crippen LogP contribution in [-0.2, 0) is 16.1 Å². The van der Waals surface area contributed by atoms with E-state index in [1.54, 1.807) is 6.92 Å². The molecule has 158 valence electrons. The molecule has 0 atom stereocenters. The highest BCUT2D eigenvalue weighted by atomic mass is 19.1. The van der Waals surface area contributed by atoms with Gasteiger partial charge in [0.15, 0.2) is 0 Å². The summed E-state index contributed by atoms with van der Waals surface area (Å²) < 4.78 is 32.5. The predicted octanol–water partition coefficient (Wildman–Crippen LogP) is 5.61. The lowest BCUT2D eigenvalue weighted by Gasteiger charge is -2.34. The highest BCUT2D eigenvalue weighted by molar-refractivity contribution is 5.80. The van der Waals surface area contributed by atoms with E-state index in [-0.39, 0.29) is 18.7 Å². The number of benzene rings is 1. The number of alkyl halides is 1. The maximum Gasteiger partial charge on any atom is 0.306 e. The Labute approximate surface area is 172 Å². The number of nitrogens with zero attached hydrogens (tertiary/aromatic N) is 1. The van der Waals surface area contributed by atoms with Crippen molar-refractivity contribution in [2.75, 3.05) is 19.7 Å². The first kappa shape index (κ1) is 23.0. The summed E-state index contributed by atoms with van der Waals surface area (Å²) in [5.41, 5.74) is 5.67. The molecule has 1 aliphatic rings. The molecule has 5 heteroatoms. The van der Waals surface area contributed by atoms with Crippen LogP contribution in [0.4, 0.5) is 8.78 Å². The summed E-state index contributed by atoms with van der Waals surface area (Å²) in [6, 6.07) is 4.15. The van der Waals surface area contributed by atoms with Crippen molar-refractivity contribution in [3.8, 4) is 0 Å². The van der Waals surface area contributed by atoms with Crippen LogP contribution in [0.3, 0.4) is 0 Å². The number of esters is 1. The molecule has 1 aromatic rings. The smallest absolute Gasteiger partial charge is 0.306 e. The zero-order chi connectivity index (χ0) is 21.6. The van der Waals surface area contributed by atoms with Crippen LogP contribution in [0.25, 0.3) is 5.57 Å². The lowest BCUT2D eigenvalue weighted by atomic mass is 9.91. The number of ether oxygens (including phenoxy) is 1. The van der Waals surface area contributed by atoms with E-state index in [0.29, 0.717) is 26.2 Å². The van der Waals surface area contributed by atoms with Gasteiger partial charge in [-0.1, -0.05) is 30.4 Å². The van der Waals surface area contributed by atoms with E-state index in [1.165, 1.54) is 6.08 Å². The number of halogens is 2. The molecule has 0 saturated carbocycles. The Bertz CT molecular complexity index is 797. The monoisotopic (exact) mass is 403 g/mol. The van der Waals surface area contributed by atoms with E-state index in [2.05, 4.69) is 23.6 Å². The van der Waals surface area contributed by atoms with E-state index in [4.69, 9.17) is 4.74 Å². The van der Waals surface area contributed by atoms with Crippen LogP contribution in [0.5, 0.6) is 0 Å². The van der Waals surface area contributed by atoms with Crippen LogP contribution in [0.1, 0.15) is 48.9 Å². The summed E-state index contributed by atoms with van der Waals surface area (Å²) in [5.74, 6) is -0.775. The van der Waals surface area contributed by atoms with Gasteiger partial charge in [0.25, 0.3) is 0 Å². The summed E-state index contributed by atoms with van der Waals surface area (Å²) in [6.07, 6.45) is 2.62. The minimum Gasteiger partial charge on any atom is -0.466 e. The minimum atomic E-state index is -0.718. The molecule has 1 aliphatic heterocycles. The van der Waals surface area contributed by atoms with Crippen molar-refractivity contribution >= 4 is 11.5 Å². The maximum absolute atomic E-state index is 14.5. The quantitative estimate of drug-likeness (QED) is 0.396. The number of allylic oxidation sites excluding steroid dienone is 5. The molecule has 0 amide bonds. The number of likely N-dealkylation sites (tertiary alicyclic amines) is 1. The fraction of sp³-hybridized carbons (Fsp3) is 0.458. The average molecular weight is 404 g/mol. The third-order valence-electron chi connectivity index (χ3n) is 4.79. The second-order valence-corrected chi connectivity index (χ2v) is 7.74. The van der Waals surface area contributed by atoms with Crippen molar-refractivity contribution in [3.63, 3.8) is 0 Å². The third kappa shape index (κ3) is 6.93. The van der Waals surface area contributed by atoms with Crippen LogP contribution >= 0.6 is 0 Å². The van der Waals surface area contributed by atoms with Gasteiger partial charge in [0.1, 0.15) is 12.0 Å². The van der Waals surface area contributed by atoms with E-state index in [1.807, 2.05) is 26.8 Å². The summed E-state index contributed by atoms with van der Waals surface area (Å²) in [4.78, 5) is 13.6. The molecule has 0 unspecified atom stereocenters. The molecule has 1 fully saturated rings. The van der Waals surface area contributed by atoms with Gasteiger partial charge in [0.05, 0.1) is 13.0 Å². The number of rotatable bonds is 9. The standard InChI is InChI=1S/C24H31F2NO2/c1-6-29-23(28)8-7-21(25)12-20(9-16(2)3)24-17(4)10-19(11-18(24)5)13-27-14-22(26)15-27/h9-12,22H,2,6-8,13-15H2,1,3-5H3/b20-9+,21-12-. The molecular weight excluding hydrogens is 372 g/mol. The summed E-state index contributed by atoms with van der Waals surface area (Å²) in [5, 5.41) is 0. The first-order valence-electron chi connectivity index (χ1n) is 10.1. The van der Waals surface area contributed by atoms with E-state index in [9.17, 15) is 13.6 Å². The van der Waals surface area contributed by atoms with Crippen LogP contribution < -0.4 is 0 Å². The van der Waals surface area contributed by atoms with Gasteiger partial charge in [0, 0.05) is 26.1 Å².